The summed E-state index contributed by atoms with van der Waals surface area (Å²) in [4.78, 5) is 28.7. The van der Waals surface area contributed by atoms with Crippen molar-refractivity contribution < 1.29 is 9.53 Å². The van der Waals surface area contributed by atoms with E-state index < -0.39 is 0 Å². The van der Waals surface area contributed by atoms with Crippen LogP contribution in [0.25, 0.3) is 0 Å². The first kappa shape index (κ1) is 22.9. The quantitative estimate of drug-likeness (QED) is 0.574. The highest BCUT2D eigenvalue weighted by molar-refractivity contribution is 6.05. The second kappa shape index (κ2) is 10.1. The number of aromatic nitrogens is 2. The van der Waals surface area contributed by atoms with Crippen molar-refractivity contribution in [1.82, 2.24) is 19.8 Å². The number of unbranched alkanes of at least 4 members (excludes halogenated alkanes) is 1. The third-order valence-electron chi connectivity index (χ3n) is 6.92. The van der Waals surface area contributed by atoms with Crippen LogP contribution < -0.4 is 20.7 Å². The third-order valence-corrected chi connectivity index (χ3v) is 6.92. The van der Waals surface area contributed by atoms with Gasteiger partial charge in [-0.05, 0) is 43.5 Å². The van der Waals surface area contributed by atoms with Crippen molar-refractivity contribution in [3.05, 3.63) is 35.4 Å². The molecule has 3 aliphatic heterocycles. The Morgan fingerprint density at radius 2 is 1.85 bits per heavy atom. The van der Waals surface area contributed by atoms with E-state index in [-0.39, 0.29) is 23.8 Å². The normalized spacial score (nSPS) is 20.7. The third kappa shape index (κ3) is 4.95. The summed E-state index contributed by atoms with van der Waals surface area (Å²) in [5.41, 5.74) is 9.30. The molecule has 9 nitrogen and oxygen atoms in total. The number of anilines is 3. The van der Waals surface area contributed by atoms with Gasteiger partial charge in [0, 0.05) is 32.7 Å². The molecule has 0 radical (unpaired) electrons. The molecule has 0 saturated carbocycles. The Bertz CT molecular complexity index is 1020. The first-order chi connectivity index (χ1) is 16.6. The molecular weight excluding hydrogens is 430 g/mol. The number of rotatable bonds is 8. The SMILES string of the molecule is CCCCOc1nc(N)c2c(n1)N1CCN(Cc3cccc(CN4CCCC4)c3)CC1C(=O)N2. The van der Waals surface area contributed by atoms with Crippen LogP contribution in [0, 0.1) is 0 Å². The molecular formula is C25H35N7O2. The van der Waals surface area contributed by atoms with Crippen molar-refractivity contribution in [2.24, 2.45) is 0 Å². The summed E-state index contributed by atoms with van der Waals surface area (Å²) in [5.74, 6) is 0.853. The van der Waals surface area contributed by atoms with E-state index in [2.05, 4.69) is 61.2 Å². The Labute approximate surface area is 201 Å². The van der Waals surface area contributed by atoms with Crippen LogP contribution in [-0.4, -0.2) is 71.0 Å². The maximum absolute atomic E-state index is 13.0. The highest BCUT2D eigenvalue weighted by Gasteiger charge is 2.39. The van der Waals surface area contributed by atoms with Crippen LogP contribution in [0.3, 0.4) is 0 Å². The maximum Gasteiger partial charge on any atom is 0.320 e. The number of hydrogen-bond acceptors (Lipinski definition) is 8. The van der Waals surface area contributed by atoms with Gasteiger partial charge < -0.3 is 20.7 Å². The fraction of sp³-hybridized carbons (Fsp3) is 0.560. The number of nitrogen functional groups attached to an aromatic ring is 1. The smallest absolute Gasteiger partial charge is 0.320 e. The van der Waals surface area contributed by atoms with Gasteiger partial charge in [-0.2, -0.15) is 9.97 Å². The van der Waals surface area contributed by atoms with Gasteiger partial charge in [-0.3, -0.25) is 14.6 Å². The number of hydrogen-bond donors (Lipinski definition) is 2. The number of nitrogens with one attached hydrogen (secondary N) is 1. The van der Waals surface area contributed by atoms with Gasteiger partial charge in [0.15, 0.2) is 11.6 Å². The molecule has 5 rings (SSSR count). The molecule has 3 aliphatic rings. The summed E-state index contributed by atoms with van der Waals surface area (Å²) in [5, 5.41) is 2.94. The second-order valence-corrected chi connectivity index (χ2v) is 9.53. The molecule has 0 spiro atoms. The standard InChI is InChI=1S/C25H35N7O2/c1-2-3-13-34-25-28-22(26)21-23(29-25)32-12-11-31(17-20(32)24(33)27-21)16-19-8-6-7-18(14-19)15-30-9-4-5-10-30/h6-8,14,20H,2-5,9-13,15-17H2,1H3,(H,27,33)(H2,26,28,29). The molecule has 1 atom stereocenters. The average Bonchev–Trinajstić information content (AvgIpc) is 3.34. The van der Waals surface area contributed by atoms with E-state index in [1.807, 2.05) is 0 Å². The van der Waals surface area contributed by atoms with Crippen molar-refractivity contribution in [3.63, 3.8) is 0 Å². The zero-order chi connectivity index (χ0) is 23.5. The fourth-order valence-corrected chi connectivity index (χ4v) is 5.10. The van der Waals surface area contributed by atoms with Gasteiger partial charge in [0.05, 0.1) is 6.61 Å². The van der Waals surface area contributed by atoms with Gasteiger partial charge in [-0.25, -0.2) is 0 Å². The molecule has 182 valence electrons. The van der Waals surface area contributed by atoms with E-state index in [4.69, 9.17) is 10.5 Å². The Hall–Kier alpha value is -2.91. The zero-order valence-corrected chi connectivity index (χ0v) is 20.0. The van der Waals surface area contributed by atoms with E-state index in [0.29, 0.717) is 31.2 Å². The van der Waals surface area contributed by atoms with E-state index in [0.717, 1.165) is 32.5 Å². The zero-order valence-electron chi connectivity index (χ0n) is 20.0. The molecule has 0 bridgehead atoms. The van der Waals surface area contributed by atoms with Crippen LogP contribution >= 0.6 is 0 Å². The van der Waals surface area contributed by atoms with E-state index in [1.165, 1.54) is 37.1 Å². The number of benzene rings is 1. The molecule has 1 amide bonds. The number of nitrogens with two attached hydrogens (primary N) is 1. The second-order valence-electron chi connectivity index (χ2n) is 9.53. The largest absolute Gasteiger partial charge is 0.463 e. The number of carbonyl (C=O) groups excluding carboxylic acids is 1. The summed E-state index contributed by atoms with van der Waals surface area (Å²) in [6, 6.07) is 8.83. The van der Waals surface area contributed by atoms with Gasteiger partial charge in [-0.15, -0.1) is 0 Å². The molecule has 1 aromatic heterocycles. The Morgan fingerprint density at radius 1 is 1.09 bits per heavy atom. The fourth-order valence-electron chi connectivity index (χ4n) is 5.10. The van der Waals surface area contributed by atoms with Crippen molar-refractivity contribution >= 4 is 23.2 Å². The first-order valence-electron chi connectivity index (χ1n) is 12.5. The van der Waals surface area contributed by atoms with Crippen molar-refractivity contribution in [1.29, 1.82) is 0 Å². The lowest BCUT2D eigenvalue weighted by Gasteiger charge is -2.44. The highest BCUT2D eigenvalue weighted by Crippen LogP contribution is 2.36. The van der Waals surface area contributed by atoms with Gasteiger partial charge in [0.1, 0.15) is 11.7 Å². The summed E-state index contributed by atoms with van der Waals surface area (Å²) < 4.78 is 5.70. The van der Waals surface area contributed by atoms with E-state index in [9.17, 15) is 4.79 Å². The monoisotopic (exact) mass is 465 g/mol. The number of piperazine rings is 1. The molecule has 2 fully saturated rings. The van der Waals surface area contributed by atoms with Crippen LogP contribution in [-0.2, 0) is 17.9 Å². The topological polar surface area (TPSA) is 99.8 Å². The Balaban J connectivity index is 1.27. The predicted octanol–water partition coefficient (Wildman–Crippen LogP) is 2.48. The molecule has 0 aliphatic carbocycles. The Morgan fingerprint density at radius 3 is 2.62 bits per heavy atom. The van der Waals surface area contributed by atoms with E-state index >= 15 is 0 Å². The predicted molar refractivity (Wildman–Crippen MR) is 133 cm³/mol. The maximum atomic E-state index is 13.0. The summed E-state index contributed by atoms with van der Waals surface area (Å²) in [6.45, 7) is 9.08. The van der Waals surface area contributed by atoms with Gasteiger partial charge in [0.25, 0.3) is 0 Å². The lowest BCUT2D eigenvalue weighted by Crippen LogP contribution is -2.60. The Kier molecular flexibility index (Phi) is 6.82. The molecule has 34 heavy (non-hydrogen) atoms. The number of carbonyl (C=O) groups is 1. The van der Waals surface area contributed by atoms with Crippen LogP contribution in [0.1, 0.15) is 43.7 Å². The summed E-state index contributed by atoms with van der Waals surface area (Å²) in [7, 11) is 0. The number of amides is 1. The van der Waals surface area contributed by atoms with Crippen molar-refractivity contribution in [3.8, 4) is 6.01 Å². The minimum atomic E-state index is -0.313. The number of fused-ring (bicyclic) bond motifs is 3. The van der Waals surface area contributed by atoms with Crippen LogP contribution in [0.5, 0.6) is 6.01 Å². The van der Waals surface area contributed by atoms with Gasteiger partial charge in [-0.1, -0.05) is 37.6 Å². The van der Waals surface area contributed by atoms with Crippen molar-refractivity contribution in [2.45, 2.75) is 51.7 Å². The summed E-state index contributed by atoms with van der Waals surface area (Å²) in [6.07, 6.45) is 4.57. The van der Waals surface area contributed by atoms with Crippen LogP contribution in [0.2, 0.25) is 0 Å². The summed E-state index contributed by atoms with van der Waals surface area (Å²) >= 11 is 0. The minimum absolute atomic E-state index is 0.0602. The first-order valence-corrected chi connectivity index (χ1v) is 12.5. The lowest BCUT2D eigenvalue weighted by atomic mass is 10.1. The van der Waals surface area contributed by atoms with Crippen LogP contribution in [0.4, 0.5) is 17.3 Å². The van der Waals surface area contributed by atoms with Gasteiger partial charge >= 0.3 is 6.01 Å². The number of nitrogens with zero attached hydrogens (tertiary/aromatic N) is 5. The van der Waals surface area contributed by atoms with Crippen molar-refractivity contribution in [2.75, 3.05) is 55.3 Å². The number of likely N-dealkylation sites (tertiary alicyclic amines) is 1. The minimum Gasteiger partial charge on any atom is -0.463 e. The average molecular weight is 466 g/mol. The molecule has 4 heterocycles. The van der Waals surface area contributed by atoms with Crippen LogP contribution in [0.15, 0.2) is 24.3 Å². The molecule has 3 N–H and O–H groups in total. The van der Waals surface area contributed by atoms with Gasteiger partial charge in [0.2, 0.25) is 5.91 Å². The lowest BCUT2D eigenvalue weighted by molar-refractivity contribution is -0.118. The molecule has 1 aromatic carbocycles. The molecule has 1 unspecified atom stereocenters. The highest BCUT2D eigenvalue weighted by atomic mass is 16.5. The molecule has 9 heteroatoms. The molecule has 2 aromatic rings. The molecule has 2 saturated heterocycles. The number of ether oxygens (including phenoxy) is 1. The van der Waals surface area contributed by atoms with E-state index in [1.54, 1.807) is 0 Å².